The fraction of sp³-hybridized carbons (Fsp3) is 0.318. The van der Waals surface area contributed by atoms with Gasteiger partial charge in [0, 0.05) is 12.3 Å². The molecule has 1 aromatic carbocycles. The van der Waals surface area contributed by atoms with E-state index in [1.165, 1.54) is 6.07 Å². The number of hydrogen-bond acceptors (Lipinski definition) is 5. The Kier molecular flexibility index (Phi) is 6.09. The highest BCUT2D eigenvalue weighted by atomic mass is 16.5. The lowest BCUT2D eigenvalue weighted by Crippen LogP contribution is -2.36. The van der Waals surface area contributed by atoms with Gasteiger partial charge in [0.1, 0.15) is 11.3 Å². The first-order valence-corrected chi connectivity index (χ1v) is 9.39. The molecular formula is C22H24N2O4. The number of aryl methyl sites for hydroxylation is 2. The first kappa shape index (κ1) is 19.6. The van der Waals surface area contributed by atoms with Gasteiger partial charge in [0.05, 0.1) is 17.6 Å². The van der Waals surface area contributed by atoms with E-state index in [9.17, 15) is 9.59 Å². The minimum Gasteiger partial charge on any atom is -0.480 e. The van der Waals surface area contributed by atoms with E-state index in [1.54, 1.807) is 13.1 Å². The van der Waals surface area contributed by atoms with Crippen molar-refractivity contribution in [3.05, 3.63) is 69.8 Å². The predicted molar refractivity (Wildman–Crippen MR) is 107 cm³/mol. The minimum atomic E-state index is -0.713. The molecule has 0 aliphatic heterocycles. The third-order valence-electron chi connectivity index (χ3n) is 4.40. The number of ether oxygens (including phenoxy) is 1. The third kappa shape index (κ3) is 4.57. The molecule has 0 bridgehead atoms. The molecule has 2 aromatic heterocycles. The summed E-state index contributed by atoms with van der Waals surface area (Å²) >= 11 is 0. The minimum absolute atomic E-state index is 0.241. The summed E-state index contributed by atoms with van der Waals surface area (Å²) in [5.41, 5.74) is 2.63. The number of aromatic nitrogens is 1. The lowest BCUT2D eigenvalue weighted by Gasteiger charge is -2.18. The maximum Gasteiger partial charge on any atom is 0.336 e. The van der Waals surface area contributed by atoms with Crippen LogP contribution < -0.4 is 15.7 Å². The highest BCUT2D eigenvalue weighted by molar-refractivity contribution is 5.88. The van der Waals surface area contributed by atoms with Crippen molar-refractivity contribution in [3.8, 4) is 5.75 Å². The predicted octanol–water partition coefficient (Wildman–Crippen LogP) is 3.53. The topological polar surface area (TPSA) is 81.4 Å². The molecular weight excluding hydrogens is 356 g/mol. The molecule has 1 atom stereocenters. The number of pyridine rings is 1. The van der Waals surface area contributed by atoms with Gasteiger partial charge in [-0.25, -0.2) is 4.79 Å². The number of carbonyl (C=O) groups excluding carboxylic acids is 1. The molecule has 1 N–H and O–H groups in total. The molecule has 6 heteroatoms. The van der Waals surface area contributed by atoms with Gasteiger partial charge in [-0.2, -0.15) is 0 Å². The summed E-state index contributed by atoms with van der Waals surface area (Å²) in [4.78, 5) is 28.5. The van der Waals surface area contributed by atoms with Gasteiger partial charge in [-0.1, -0.05) is 19.4 Å². The van der Waals surface area contributed by atoms with Gasteiger partial charge in [0.25, 0.3) is 5.91 Å². The molecule has 1 amide bonds. The Morgan fingerprint density at radius 2 is 2.11 bits per heavy atom. The zero-order valence-electron chi connectivity index (χ0n) is 16.3. The van der Waals surface area contributed by atoms with Crippen LogP contribution >= 0.6 is 0 Å². The lowest BCUT2D eigenvalue weighted by atomic mass is 10.0. The zero-order valence-corrected chi connectivity index (χ0v) is 16.3. The number of hydrogen-bond donors (Lipinski definition) is 1. The average molecular weight is 380 g/mol. The Bertz CT molecular complexity index is 1030. The van der Waals surface area contributed by atoms with Gasteiger partial charge in [-0.15, -0.1) is 0 Å². The monoisotopic (exact) mass is 380 g/mol. The van der Waals surface area contributed by atoms with Crippen LogP contribution in [0.5, 0.6) is 5.75 Å². The van der Waals surface area contributed by atoms with Gasteiger partial charge < -0.3 is 14.5 Å². The average Bonchev–Trinajstić information content (AvgIpc) is 2.66. The summed E-state index contributed by atoms with van der Waals surface area (Å²) < 4.78 is 11.4. The molecule has 0 aliphatic rings. The fourth-order valence-electron chi connectivity index (χ4n) is 3.10. The molecule has 0 saturated heterocycles. The second-order valence-corrected chi connectivity index (χ2v) is 6.78. The van der Waals surface area contributed by atoms with Crippen LogP contribution in [0.4, 0.5) is 0 Å². The maximum absolute atomic E-state index is 12.5. The van der Waals surface area contributed by atoms with Gasteiger partial charge in [0.15, 0.2) is 6.10 Å². The number of nitrogens with zero attached hydrogens (tertiary/aromatic N) is 1. The van der Waals surface area contributed by atoms with E-state index in [4.69, 9.17) is 9.15 Å². The second-order valence-electron chi connectivity index (χ2n) is 6.78. The second kappa shape index (κ2) is 8.69. The Labute approximate surface area is 163 Å². The van der Waals surface area contributed by atoms with Crippen LogP contribution in [0.1, 0.15) is 37.1 Å². The maximum atomic E-state index is 12.5. The molecule has 3 aromatic rings. The van der Waals surface area contributed by atoms with Crippen LogP contribution in [0.3, 0.4) is 0 Å². The van der Waals surface area contributed by atoms with Crippen LogP contribution in [0.2, 0.25) is 0 Å². The van der Waals surface area contributed by atoms with Crippen molar-refractivity contribution in [2.75, 3.05) is 0 Å². The number of nitrogens with one attached hydrogen (secondary N) is 1. The largest absolute Gasteiger partial charge is 0.480 e. The third-order valence-corrected chi connectivity index (χ3v) is 4.40. The number of amides is 1. The van der Waals surface area contributed by atoms with Crippen LogP contribution in [-0.4, -0.2) is 17.0 Å². The van der Waals surface area contributed by atoms with Crippen molar-refractivity contribution < 1.29 is 13.9 Å². The SMILES string of the molecule is CCCc1cc(=O)oc2cc(C)cc(OC(C)C(=O)NCc3ccccn3)c12. The Morgan fingerprint density at radius 3 is 2.82 bits per heavy atom. The van der Waals surface area contributed by atoms with E-state index in [1.807, 2.05) is 44.2 Å². The molecule has 3 rings (SSSR count). The summed E-state index contributed by atoms with van der Waals surface area (Å²) in [7, 11) is 0. The summed E-state index contributed by atoms with van der Waals surface area (Å²) in [6, 6.07) is 10.7. The summed E-state index contributed by atoms with van der Waals surface area (Å²) in [5, 5.41) is 3.58. The standard InChI is InChI=1S/C22H24N2O4/c1-4-7-16-12-20(25)28-19-11-14(2)10-18(21(16)19)27-15(3)22(26)24-13-17-8-5-6-9-23-17/h5-6,8-12,15H,4,7,13H2,1-3H3,(H,24,26). The smallest absolute Gasteiger partial charge is 0.336 e. The molecule has 2 heterocycles. The Morgan fingerprint density at radius 1 is 1.29 bits per heavy atom. The van der Waals surface area contributed by atoms with Crippen LogP contribution in [-0.2, 0) is 17.8 Å². The number of rotatable bonds is 7. The van der Waals surface area contributed by atoms with Gasteiger partial charge in [0.2, 0.25) is 0 Å². The van der Waals surface area contributed by atoms with Gasteiger partial charge in [-0.05, 0) is 55.7 Å². The van der Waals surface area contributed by atoms with Crippen LogP contribution in [0.25, 0.3) is 11.0 Å². The van der Waals surface area contributed by atoms with Crippen molar-refractivity contribution >= 4 is 16.9 Å². The van der Waals surface area contributed by atoms with Crippen LogP contribution in [0, 0.1) is 6.92 Å². The highest BCUT2D eigenvalue weighted by Crippen LogP contribution is 2.31. The first-order valence-electron chi connectivity index (χ1n) is 9.39. The fourth-order valence-corrected chi connectivity index (χ4v) is 3.10. The first-order chi connectivity index (χ1) is 13.5. The van der Waals surface area contributed by atoms with Gasteiger partial charge in [-0.3, -0.25) is 9.78 Å². The number of carbonyl (C=O) groups is 1. The molecule has 0 spiro atoms. The van der Waals surface area contributed by atoms with Crippen molar-refractivity contribution in [1.82, 2.24) is 10.3 Å². The normalized spacial score (nSPS) is 12.0. The van der Waals surface area contributed by atoms with Gasteiger partial charge >= 0.3 is 5.63 Å². The Balaban J connectivity index is 1.84. The zero-order chi connectivity index (χ0) is 20.1. The molecule has 146 valence electrons. The molecule has 0 saturated carbocycles. The highest BCUT2D eigenvalue weighted by Gasteiger charge is 2.19. The molecule has 0 aliphatic carbocycles. The number of benzene rings is 1. The van der Waals surface area contributed by atoms with E-state index in [0.29, 0.717) is 17.9 Å². The quantitative estimate of drug-likeness (QED) is 0.634. The summed E-state index contributed by atoms with van der Waals surface area (Å²) in [6.45, 7) is 5.96. The Hall–Kier alpha value is -3.15. The van der Waals surface area contributed by atoms with E-state index in [0.717, 1.165) is 35.0 Å². The van der Waals surface area contributed by atoms with Crippen molar-refractivity contribution in [2.24, 2.45) is 0 Å². The van der Waals surface area contributed by atoms with Crippen LogP contribution in [0.15, 0.2) is 51.8 Å². The molecule has 0 fully saturated rings. The van der Waals surface area contributed by atoms with Crippen molar-refractivity contribution in [1.29, 1.82) is 0 Å². The van der Waals surface area contributed by atoms with E-state index >= 15 is 0 Å². The molecule has 0 radical (unpaired) electrons. The van der Waals surface area contributed by atoms with Crippen molar-refractivity contribution in [2.45, 2.75) is 46.3 Å². The lowest BCUT2D eigenvalue weighted by molar-refractivity contribution is -0.127. The molecule has 28 heavy (non-hydrogen) atoms. The summed E-state index contributed by atoms with van der Waals surface area (Å²) in [5.74, 6) is 0.303. The van der Waals surface area contributed by atoms with E-state index in [-0.39, 0.29) is 11.5 Å². The molecule has 1 unspecified atom stereocenters. The van der Waals surface area contributed by atoms with Crippen molar-refractivity contribution in [3.63, 3.8) is 0 Å². The number of fused-ring (bicyclic) bond motifs is 1. The van der Waals surface area contributed by atoms with E-state index in [2.05, 4.69) is 10.3 Å². The van der Waals surface area contributed by atoms with E-state index < -0.39 is 6.10 Å². The summed E-state index contributed by atoms with van der Waals surface area (Å²) in [6.07, 6.45) is 2.58. The molecule has 6 nitrogen and oxygen atoms in total.